The van der Waals surface area contributed by atoms with E-state index < -0.39 is 0 Å². The first-order valence-electron chi connectivity index (χ1n) is 4.54. The molecular formula is C10H13BrN2. The van der Waals surface area contributed by atoms with Crippen molar-refractivity contribution in [3.63, 3.8) is 0 Å². The molecule has 0 bridgehead atoms. The molecule has 13 heavy (non-hydrogen) atoms. The van der Waals surface area contributed by atoms with Crippen LogP contribution < -0.4 is 11.1 Å². The van der Waals surface area contributed by atoms with Crippen LogP contribution in [0.5, 0.6) is 0 Å². The Kier molecular flexibility index (Phi) is 2.56. The summed E-state index contributed by atoms with van der Waals surface area (Å²) in [6, 6.07) is 6.36. The van der Waals surface area contributed by atoms with Gasteiger partial charge in [-0.1, -0.05) is 22.0 Å². The third-order valence-electron chi connectivity index (χ3n) is 2.55. The SMILES string of the molecule is NCC1CCNc2cc(Br)ccc21. The summed E-state index contributed by atoms with van der Waals surface area (Å²) in [5, 5.41) is 3.38. The van der Waals surface area contributed by atoms with Crippen LogP contribution in [-0.2, 0) is 0 Å². The average Bonchev–Trinajstić information content (AvgIpc) is 2.16. The van der Waals surface area contributed by atoms with Crippen molar-refractivity contribution in [3.8, 4) is 0 Å². The molecule has 70 valence electrons. The van der Waals surface area contributed by atoms with Crippen LogP contribution in [0.2, 0.25) is 0 Å². The molecule has 0 fully saturated rings. The molecule has 1 atom stereocenters. The van der Waals surface area contributed by atoms with Crippen LogP contribution in [0.25, 0.3) is 0 Å². The number of hydrogen-bond acceptors (Lipinski definition) is 2. The molecule has 0 aromatic heterocycles. The van der Waals surface area contributed by atoms with Gasteiger partial charge in [0, 0.05) is 16.7 Å². The first-order chi connectivity index (χ1) is 6.31. The smallest absolute Gasteiger partial charge is 0.0387 e. The van der Waals surface area contributed by atoms with Crippen LogP contribution in [0, 0.1) is 0 Å². The van der Waals surface area contributed by atoms with Gasteiger partial charge in [0.05, 0.1) is 0 Å². The molecule has 2 rings (SSSR count). The highest BCUT2D eigenvalue weighted by Gasteiger charge is 2.18. The summed E-state index contributed by atoms with van der Waals surface area (Å²) in [5.41, 5.74) is 8.31. The Morgan fingerprint density at radius 1 is 1.54 bits per heavy atom. The number of fused-ring (bicyclic) bond motifs is 1. The zero-order valence-corrected chi connectivity index (χ0v) is 8.97. The molecule has 1 aliphatic rings. The second-order valence-corrected chi connectivity index (χ2v) is 4.30. The summed E-state index contributed by atoms with van der Waals surface area (Å²) in [7, 11) is 0. The normalized spacial score (nSPS) is 20.6. The van der Waals surface area contributed by atoms with Gasteiger partial charge in [0.2, 0.25) is 0 Å². The summed E-state index contributed by atoms with van der Waals surface area (Å²) >= 11 is 3.46. The van der Waals surface area contributed by atoms with Crippen molar-refractivity contribution in [2.24, 2.45) is 5.73 Å². The minimum atomic E-state index is 0.532. The van der Waals surface area contributed by atoms with Crippen molar-refractivity contribution in [2.45, 2.75) is 12.3 Å². The zero-order chi connectivity index (χ0) is 9.26. The lowest BCUT2D eigenvalue weighted by Gasteiger charge is -2.25. The van der Waals surface area contributed by atoms with E-state index >= 15 is 0 Å². The lowest BCUT2D eigenvalue weighted by molar-refractivity contribution is 0.636. The van der Waals surface area contributed by atoms with Crippen LogP contribution in [0.4, 0.5) is 5.69 Å². The monoisotopic (exact) mass is 240 g/mol. The summed E-state index contributed by atoms with van der Waals surface area (Å²) in [5.74, 6) is 0.532. The molecule has 3 N–H and O–H groups in total. The van der Waals surface area contributed by atoms with Crippen molar-refractivity contribution in [1.82, 2.24) is 0 Å². The quantitative estimate of drug-likeness (QED) is 0.791. The number of rotatable bonds is 1. The predicted molar refractivity (Wildman–Crippen MR) is 59.0 cm³/mol. The van der Waals surface area contributed by atoms with Crippen molar-refractivity contribution >= 4 is 21.6 Å². The molecule has 0 amide bonds. The largest absolute Gasteiger partial charge is 0.385 e. The maximum absolute atomic E-state index is 5.72. The van der Waals surface area contributed by atoms with Gasteiger partial charge in [-0.2, -0.15) is 0 Å². The van der Waals surface area contributed by atoms with Gasteiger partial charge in [0.15, 0.2) is 0 Å². The van der Waals surface area contributed by atoms with Crippen molar-refractivity contribution in [2.75, 3.05) is 18.4 Å². The molecule has 1 aromatic carbocycles. The van der Waals surface area contributed by atoms with E-state index in [2.05, 4.69) is 39.4 Å². The van der Waals surface area contributed by atoms with E-state index in [-0.39, 0.29) is 0 Å². The van der Waals surface area contributed by atoms with E-state index in [0.29, 0.717) is 5.92 Å². The Morgan fingerprint density at radius 3 is 3.15 bits per heavy atom. The molecular weight excluding hydrogens is 228 g/mol. The van der Waals surface area contributed by atoms with Crippen LogP contribution in [0.15, 0.2) is 22.7 Å². The van der Waals surface area contributed by atoms with Gasteiger partial charge >= 0.3 is 0 Å². The van der Waals surface area contributed by atoms with Gasteiger partial charge in [-0.25, -0.2) is 0 Å². The predicted octanol–water partition coefficient (Wildman–Crippen LogP) is 2.31. The Morgan fingerprint density at radius 2 is 2.38 bits per heavy atom. The molecule has 1 heterocycles. The first kappa shape index (κ1) is 9.03. The average molecular weight is 241 g/mol. The van der Waals surface area contributed by atoms with E-state index in [1.807, 2.05) is 0 Å². The Hall–Kier alpha value is -0.540. The van der Waals surface area contributed by atoms with E-state index in [0.717, 1.165) is 24.0 Å². The number of nitrogens with two attached hydrogens (primary N) is 1. The molecule has 1 aliphatic heterocycles. The summed E-state index contributed by atoms with van der Waals surface area (Å²) in [6.45, 7) is 1.78. The molecule has 0 saturated carbocycles. The molecule has 2 nitrogen and oxygen atoms in total. The molecule has 0 saturated heterocycles. The number of nitrogens with one attached hydrogen (secondary N) is 1. The minimum absolute atomic E-state index is 0.532. The maximum Gasteiger partial charge on any atom is 0.0387 e. The van der Waals surface area contributed by atoms with E-state index in [4.69, 9.17) is 5.73 Å². The third-order valence-corrected chi connectivity index (χ3v) is 3.04. The fourth-order valence-electron chi connectivity index (χ4n) is 1.82. The minimum Gasteiger partial charge on any atom is -0.385 e. The molecule has 1 aromatic rings. The van der Waals surface area contributed by atoms with Crippen LogP contribution >= 0.6 is 15.9 Å². The van der Waals surface area contributed by atoms with Crippen LogP contribution in [-0.4, -0.2) is 13.1 Å². The van der Waals surface area contributed by atoms with Gasteiger partial charge in [-0.15, -0.1) is 0 Å². The fraction of sp³-hybridized carbons (Fsp3) is 0.400. The van der Waals surface area contributed by atoms with E-state index in [9.17, 15) is 0 Å². The van der Waals surface area contributed by atoms with Gasteiger partial charge in [0.25, 0.3) is 0 Å². The van der Waals surface area contributed by atoms with E-state index in [1.165, 1.54) is 11.3 Å². The second-order valence-electron chi connectivity index (χ2n) is 3.38. The second kappa shape index (κ2) is 3.68. The molecule has 0 aliphatic carbocycles. The molecule has 1 unspecified atom stereocenters. The van der Waals surface area contributed by atoms with Gasteiger partial charge in [-0.3, -0.25) is 0 Å². The van der Waals surface area contributed by atoms with Gasteiger partial charge in [0.1, 0.15) is 0 Å². The summed E-state index contributed by atoms with van der Waals surface area (Å²) in [6.07, 6.45) is 1.14. The third kappa shape index (κ3) is 1.71. The highest BCUT2D eigenvalue weighted by molar-refractivity contribution is 9.10. The van der Waals surface area contributed by atoms with Crippen molar-refractivity contribution in [1.29, 1.82) is 0 Å². The van der Waals surface area contributed by atoms with Crippen molar-refractivity contribution in [3.05, 3.63) is 28.2 Å². The van der Waals surface area contributed by atoms with Gasteiger partial charge in [-0.05, 0) is 36.6 Å². The molecule has 0 radical (unpaired) electrons. The summed E-state index contributed by atoms with van der Waals surface area (Å²) in [4.78, 5) is 0. The topological polar surface area (TPSA) is 38.0 Å². The van der Waals surface area contributed by atoms with Crippen molar-refractivity contribution < 1.29 is 0 Å². The number of benzene rings is 1. The first-order valence-corrected chi connectivity index (χ1v) is 5.34. The van der Waals surface area contributed by atoms with Gasteiger partial charge < -0.3 is 11.1 Å². The fourth-order valence-corrected chi connectivity index (χ4v) is 2.18. The number of hydrogen-bond donors (Lipinski definition) is 2. The number of anilines is 1. The molecule has 0 spiro atoms. The Bertz CT molecular complexity index is 312. The number of halogens is 1. The van der Waals surface area contributed by atoms with Crippen LogP contribution in [0.3, 0.4) is 0 Å². The Balaban J connectivity index is 2.40. The lowest BCUT2D eigenvalue weighted by Crippen LogP contribution is -2.22. The highest BCUT2D eigenvalue weighted by Crippen LogP contribution is 2.32. The lowest BCUT2D eigenvalue weighted by atomic mass is 9.91. The standard InChI is InChI=1S/C10H13BrN2/c11-8-1-2-9-7(6-12)3-4-13-10(9)5-8/h1-2,5,7,13H,3-4,6,12H2. The van der Waals surface area contributed by atoms with E-state index in [1.54, 1.807) is 0 Å². The maximum atomic E-state index is 5.72. The highest BCUT2D eigenvalue weighted by atomic mass is 79.9. The zero-order valence-electron chi connectivity index (χ0n) is 7.39. The summed E-state index contributed by atoms with van der Waals surface area (Å²) < 4.78 is 1.12. The van der Waals surface area contributed by atoms with Crippen LogP contribution in [0.1, 0.15) is 17.9 Å². The Labute approximate surface area is 86.6 Å². The molecule has 3 heteroatoms.